The molecule has 0 aliphatic carbocycles. The van der Waals surface area contributed by atoms with Crippen LogP contribution in [0.5, 0.6) is 0 Å². The number of nitrogens with zero attached hydrogens (tertiary/aromatic N) is 2. The molecule has 0 bridgehead atoms. The van der Waals surface area contributed by atoms with Gasteiger partial charge in [-0.1, -0.05) is 30.3 Å². The summed E-state index contributed by atoms with van der Waals surface area (Å²) in [6.07, 6.45) is 0.174. The molecule has 0 N–H and O–H groups in total. The first kappa shape index (κ1) is 16.7. The summed E-state index contributed by atoms with van der Waals surface area (Å²) in [6, 6.07) is 13.3. The van der Waals surface area contributed by atoms with E-state index in [0.29, 0.717) is 11.3 Å². The average molecular weight is 312 g/mol. The molecule has 0 radical (unpaired) electrons. The lowest BCUT2D eigenvalue weighted by Crippen LogP contribution is -2.23. The Hall–Kier alpha value is -2.69. The summed E-state index contributed by atoms with van der Waals surface area (Å²) in [5.74, 6) is -0.534. The van der Waals surface area contributed by atoms with E-state index in [1.807, 2.05) is 30.3 Å². The molecule has 0 aliphatic rings. The van der Waals surface area contributed by atoms with Gasteiger partial charge in [0.15, 0.2) is 0 Å². The number of benzene rings is 1. The largest absolute Gasteiger partial charge is 0.462 e. The van der Waals surface area contributed by atoms with Crippen LogP contribution in [0, 0.1) is 6.92 Å². The van der Waals surface area contributed by atoms with Gasteiger partial charge in [-0.15, -0.1) is 0 Å². The minimum Gasteiger partial charge on any atom is -0.462 e. The van der Waals surface area contributed by atoms with E-state index in [1.165, 1.54) is 4.90 Å². The van der Waals surface area contributed by atoms with E-state index >= 15 is 0 Å². The van der Waals surface area contributed by atoms with Gasteiger partial charge in [0, 0.05) is 19.7 Å². The highest BCUT2D eigenvalue weighted by atomic mass is 16.5. The normalized spacial score (nSPS) is 10.2. The molecule has 120 valence electrons. The number of carbonyl (C=O) groups is 2. The van der Waals surface area contributed by atoms with Gasteiger partial charge in [-0.3, -0.25) is 9.78 Å². The van der Waals surface area contributed by atoms with Gasteiger partial charge in [0.25, 0.3) is 0 Å². The molecule has 0 fully saturated rings. The first-order valence-electron chi connectivity index (χ1n) is 7.39. The SMILES string of the molecule is Cc1nc(-c2ccccc2)ccc1C(=O)OCCC(=O)N(C)C. The fourth-order valence-electron chi connectivity index (χ4n) is 2.08. The van der Waals surface area contributed by atoms with Crippen LogP contribution in [0.1, 0.15) is 22.5 Å². The van der Waals surface area contributed by atoms with Crippen LogP contribution in [0.15, 0.2) is 42.5 Å². The highest BCUT2D eigenvalue weighted by Gasteiger charge is 2.14. The van der Waals surface area contributed by atoms with E-state index in [-0.39, 0.29) is 18.9 Å². The zero-order chi connectivity index (χ0) is 16.8. The number of aryl methyl sites for hydroxylation is 1. The summed E-state index contributed by atoms with van der Waals surface area (Å²) in [5, 5.41) is 0. The number of pyridine rings is 1. The molecular weight excluding hydrogens is 292 g/mol. The van der Waals surface area contributed by atoms with Crippen molar-refractivity contribution in [2.75, 3.05) is 20.7 Å². The van der Waals surface area contributed by atoms with Gasteiger partial charge in [0.1, 0.15) is 6.61 Å². The minimum atomic E-state index is -0.457. The van der Waals surface area contributed by atoms with Crippen molar-refractivity contribution in [2.24, 2.45) is 0 Å². The molecule has 5 heteroatoms. The maximum Gasteiger partial charge on any atom is 0.339 e. The molecule has 23 heavy (non-hydrogen) atoms. The standard InChI is InChI=1S/C18H20N2O3/c1-13-15(18(22)23-12-11-17(21)20(2)3)9-10-16(19-13)14-7-5-4-6-8-14/h4-10H,11-12H2,1-3H3. The average Bonchev–Trinajstić information content (AvgIpc) is 2.55. The lowest BCUT2D eigenvalue weighted by atomic mass is 10.1. The van der Waals surface area contributed by atoms with E-state index in [1.54, 1.807) is 33.2 Å². The van der Waals surface area contributed by atoms with Crippen molar-refractivity contribution in [3.8, 4) is 11.3 Å². The van der Waals surface area contributed by atoms with Crippen molar-refractivity contribution < 1.29 is 14.3 Å². The summed E-state index contributed by atoms with van der Waals surface area (Å²) < 4.78 is 5.15. The highest BCUT2D eigenvalue weighted by molar-refractivity contribution is 5.91. The monoisotopic (exact) mass is 312 g/mol. The zero-order valence-electron chi connectivity index (χ0n) is 13.6. The van der Waals surface area contributed by atoms with E-state index in [0.717, 1.165) is 11.3 Å². The molecule has 0 atom stereocenters. The van der Waals surface area contributed by atoms with Gasteiger partial charge in [-0.2, -0.15) is 0 Å². The highest BCUT2D eigenvalue weighted by Crippen LogP contribution is 2.19. The lowest BCUT2D eigenvalue weighted by Gasteiger charge is -2.11. The third-order valence-corrected chi connectivity index (χ3v) is 3.42. The second-order valence-corrected chi connectivity index (χ2v) is 5.37. The van der Waals surface area contributed by atoms with Crippen LogP contribution < -0.4 is 0 Å². The molecule has 1 aromatic carbocycles. The second kappa shape index (κ2) is 7.54. The molecule has 1 heterocycles. The number of esters is 1. The number of hydrogen-bond acceptors (Lipinski definition) is 4. The van der Waals surface area contributed by atoms with Crippen molar-refractivity contribution in [1.29, 1.82) is 0 Å². The Labute approximate surface area is 135 Å². The Kier molecular flexibility index (Phi) is 5.46. The number of hydrogen-bond donors (Lipinski definition) is 0. The molecule has 0 aliphatic heterocycles. The zero-order valence-corrected chi connectivity index (χ0v) is 13.6. The van der Waals surface area contributed by atoms with Crippen molar-refractivity contribution in [1.82, 2.24) is 9.88 Å². The maximum atomic E-state index is 12.1. The summed E-state index contributed by atoms with van der Waals surface area (Å²) >= 11 is 0. The van der Waals surface area contributed by atoms with Crippen LogP contribution in [0.4, 0.5) is 0 Å². The lowest BCUT2D eigenvalue weighted by molar-refractivity contribution is -0.129. The predicted molar refractivity (Wildman–Crippen MR) is 88.0 cm³/mol. The van der Waals surface area contributed by atoms with Gasteiger partial charge >= 0.3 is 5.97 Å². The van der Waals surface area contributed by atoms with Crippen LogP contribution in [0.2, 0.25) is 0 Å². The second-order valence-electron chi connectivity index (χ2n) is 5.37. The Balaban J connectivity index is 2.03. The third-order valence-electron chi connectivity index (χ3n) is 3.42. The van der Waals surface area contributed by atoms with Crippen LogP contribution in [0.3, 0.4) is 0 Å². The summed E-state index contributed by atoms with van der Waals surface area (Å²) in [6.45, 7) is 1.84. The van der Waals surface area contributed by atoms with E-state index in [2.05, 4.69) is 4.98 Å². The third kappa shape index (κ3) is 4.39. The fourth-order valence-corrected chi connectivity index (χ4v) is 2.08. The molecule has 5 nitrogen and oxygen atoms in total. The topological polar surface area (TPSA) is 59.5 Å². The van der Waals surface area contributed by atoms with Crippen LogP contribution in [-0.2, 0) is 9.53 Å². The Morgan fingerprint density at radius 2 is 1.78 bits per heavy atom. The number of rotatable bonds is 5. The van der Waals surface area contributed by atoms with Crippen molar-refractivity contribution >= 4 is 11.9 Å². The Morgan fingerprint density at radius 1 is 1.09 bits per heavy atom. The molecular formula is C18H20N2O3. The van der Waals surface area contributed by atoms with Gasteiger partial charge in [-0.25, -0.2) is 4.79 Å². The minimum absolute atomic E-state index is 0.0652. The molecule has 2 rings (SSSR count). The van der Waals surface area contributed by atoms with Gasteiger partial charge in [0.05, 0.1) is 23.4 Å². The summed E-state index contributed by atoms with van der Waals surface area (Å²) in [7, 11) is 3.33. The van der Waals surface area contributed by atoms with Gasteiger partial charge in [-0.05, 0) is 19.1 Å². The quantitative estimate of drug-likeness (QED) is 0.797. The van der Waals surface area contributed by atoms with Crippen molar-refractivity contribution in [3.63, 3.8) is 0 Å². The van der Waals surface area contributed by atoms with Crippen molar-refractivity contribution in [2.45, 2.75) is 13.3 Å². The number of ether oxygens (including phenoxy) is 1. The van der Waals surface area contributed by atoms with Gasteiger partial charge in [0.2, 0.25) is 5.91 Å². The summed E-state index contributed by atoms with van der Waals surface area (Å²) in [5.41, 5.74) is 2.83. The number of carbonyl (C=O) groups excluding carboxylic acids is 2. The predicted octanol–water partition coefficient (Wildman–Crippen LogP) is 2.69. The first-order valence-corrected chi connectivity index (χ1v) is 7.39. The molecule has 0 saturated heterocycles. The molecule has 1 aromatic heterocycles. The number of aromatic nitrogens is 1. The van der Waals surface area contributed by atoms with Crippen molar-refractivity contribution in [3.05, 3.63) is 53.7 Å². The van der Waals surface area contributed by atoms with Crippen LogP contribution in [-0.4, -0.2) is 42.5 Å². The molecule has 1 amide bonds. The van der Waals surface area contributed by atoms with Gasteiger partial charge < -0.3 is 9.64 Å². The summed E-state index contributed by atoms with van der Waals surface area (Å²) in [4.78, 5) is 29.5. The molecule has 2 aromatic rings. The van der Waals surface area contributed by atoms with Crippen LogP contribution in [0.25, 0.3) is 11.3 Å². The first-order chi connectivity index (χ1) is 11.0. The molecule has 0 unspecified atom stereocenters. The maximum absolute atomic E-state index is 12.1. The number of amides is 1. The molecule has 0 saturated carbocycles. The smallest absolute Gasteiger partial charge is 0.339 e. The van der Waals surface area contributed by atoms with Crippen LogP contribution >= 0.6 is 0 Å². The van der Waals surface area contributed by atoms with E-state index < -0.39 is 5.97 Å². The van der Waals surface area contributed by atoms with E-state index in [9.17, 15) is 9.59 Å². The Morgan fingerprint density at radius 3 is 2.39 bits per heavy atom. The fraction of sp³-hybridized carbons (Fsp3) is 0.278. The van der Waals surface area contributed by atoms with E-state index in [4.69, 9.17) is 4.74 Å². The Bertz CT molecular complexity index is 697. The molecule has 0 spiro atoms.